The molecular formula is C15H13BrFNO5S. The van der Waals surface area contributed by atoms with Crippen LogP contribution in [0.3, 0.4) is 0 Å². The lowest BCUT2D eigenvalue weighted by Crippen LogP contribution is -2.17. The maximum absolute atomic E-state index is 13.7. The van der Waals surface area contributed by atoms with E-state index in [0.717, 1.165) is 6.07 Å². The maximum Gasteiger partial charge on any atom is 0.340 e. The minimum atomic E-state index is -4.20. The lowest BCUT2D eigenvalue weighted by molar-refractivity contribution is 0.0693. The molecule has 2 aromatic rings. The normalized spacial score (nSPS) is 11.1. The summed E-state index contributed by atoms with van der Waals surface area (Å²) in [6.45, 7) is 1.94. The van der Waals surface area contributed by atoms with Crippen LogP contribution in [0.1, 0.15) is 17.3 Å². The molecular weight excluding hydrogens is 405 g/mol. The van der Waals surface area contributed by atoms with E-state index in [-0.39, 0.29) is 22.9 Å². The molecule has 0 fully saturated rings. The third-order valence-electron chi connectivity index (χ3n) is 2.97. The number of rotatable bonds is 6. The van der Waals surface area contributed by atoms with Crippen LogP contribution >= 0.6 is 15.9 Å². The van der Waals surface area contributed by atoms with Crippen LogP contribution in [0.4, 0.5) is 10.1 Å². The van der Waals surface area contributed by atoms with Crippen LogP contribution in [0.25, 0.3) is 0 Å². The number of carboxylic acid groups (broad SMARTS) is 1. The fraction of sp³-hybridized carbons (Fsp3) is 0.133. The highest BCUT2D eigenvalue weighted by molar-refractivity contribution is 9.10. The molecule has 9 heteroatoms. The van der Waals surface area contributed by atoms with E-state index < -0.39 is 27.4 Å². The second kappa shape index (κ2) is 7.18. The van der Waals surface area contributed by atoms with Gasteiger partial charge in [0.1, 0.15) is 22.0 Å². The molecule has 0 spiro atoms. The Hall–Kier alpha value is -2.13. The van der Waals surface area contributed by atoms with Crippen molar-refractivity contribution in [3.8, 4) is 5.75 Å². The van der Waals surface area contributed by atoms with Gasteiger partial charge in [-0.15, -0.1) is 0 Å². The van der Waals surface area contributed by atoms with Gasteiger partial charge in [0.15, 0.2) is 0 Å². The summed E-state index contributed by atoms with van der Waals surface area (Å²) in [6.07, 6.45) is 0. The second-order valence-electron chi connectivity index (χ2n) is 4.60. The molecule has 0 aromatic heterocycles. The largest absolute Gasteiger partial charge is 0.492 e. The first-order valence-corrected chi connectivity index (χ1v) is 9.01. The molecule has 0 aliphatic carbocycles. The summed E-state index contributed by atoms with van der Waals surface area (Å²) < 4.78 is 46.8. The maximum atomic E-state index is 13.7. The molecule has 0 atom stereocenters. The van der Waals surface area contributed by atoms with Gasteiger partial charge in [0.25, 0.3) is 10.0 Å². The number of nitrogens with one attached hydrogen (secondary N) is 1. The monoisotopic (exact) mass is 417 g/mol. The standard InChI is InChI=1S/C15H13BrFNO5S/c1-2-23-12-7-6-9(16)8-13(12)24(21,22)18-11-5-3-4-10(17)14(11)15(19)20/h3-8,18H,2H2,1H3,(H,19,20). The van der Waals surface area contributed by atoms with Crippen LogP contribution in [0.15, 0.2) is 45.8 Å². The Morgan fingerprint density at radius 1 is 1.33 bits per heavy atom. The first kappa shape index (κ1) is 18.2. The van der Waals surface area contributed by atoms with Gasteiger partial charge in [0.05, 0.1) is 12.3 Å². The van der Waals surface area contributed by atoms with Crippen molar-refractivity contribution in [3.05, 3.63) is 52.3 Å². The molecule has 2 aromatic carbocycles. The summed E-state index contributed by atoms with van der Waals surface area (Å²) >= 11 is 3.17. The van der Waals surface area contributed by atoms with E-state index in [4.69, 9.17) is 9.84 Å². The van der Waals surface area contributed by atoms with E-state index in [1.165, 1.54) is 24.3 Å². The van der Waals surface area contributed by atoms with Gasteiger partial charge >= 0.3 is 5.97 Å². The number of aromatic carboxylic acids is 1. The zero-order valence-electron chi connectivity index (χ0n) is 12.4. The summed E-state index contributed by atoms with van der Waals surface area (Å²) in [4.78, 5) is 11.0. The highest BCUT2D eigenvalue weighted by atomic mass is 79.9. The van der Waals surface area contributed by atoms with E-state index in [9.17, 15) is 17.6 Å². The van der Waals surface area contributed by atoms with Gasteiger partial charge in [-0.3, -0.25) is 4.72 Å². The molecule has 6 nitrogen and oxygen atoms in total. The molecule has 128 valence electrons. The van der Waals surface area contributed by atoms with Crippen molar-refractivity contribution in [1.82, 2.24) is 0 Å². The zero-order chi connectivity index (χ0) is 17.9. The molecule has 0 amide bonds. The van der Waals surface area contributed by atoms with E-state index in [2.05, 4.69) is 20.7 Å². The van der Waals surface area contributed by atoms with Gasteiger partial charge in [-0.05, 0) is 37.3 Å². The molecule has 0 bridgehead atoms. The molecule has 0 aliphatic heterocycles. The molecule has 2 N–H and O–H groups in total. The van der Waals surface area contributed by atoms with Crippen LogP contribution < -0.4 is 9.46 Å². The predicted octanol–water partition coefficient (Wildman–Crippen LogP) is 3.49. The molecule has 0 heterocycles. The average Bonchev–Trinajstić information content (AvgIpc) is 2.48. The number of carboxylic acids is 1. The molecule has 0 radical (unpaired) electrons. The van der Waals surface area contributed by atoms with Crippen molar-refractivity contribution in [2.24, 2.45) is 0 Å². The number of ether oxygens (including phenoxy) is 1. The molecule has 24 heavy (non-hydrogen) atoms. The van der Waals surface area contributed by atoms with Crippen molar-refractivity contribution in [2.75, 3.05) is 11.3 Å². The smallest absolute Gasteiger partial charge is 0.340 e. The van der Waals surface area contributed by atoms with Gasteiger partial charge in [0.2, 0.25) is 0 Å². The Labute approximate surface area is 146 Å². The number of sulfonamides is 1. The zero-order valence-corrected chi connectivity index (χ0v) is 14.8. The molecule has 0 unspecified atom stereocenters. The van der Waals surface area contributed by atoms with Crippen LogP contribution in [0.5, 0.6) is 5.75 Å². The minimum absolute atomic E-state index is 0.0986. The highest BCUT2D eigenvalue weighted by Crippen LogP contribution is 2.30. The third-order valence-corrected chi connectivity index (χ3v) is 4.85. The van der Waals surface area contributed by atoms with E-state index in [1.807, 2.05) is 0 Å². The van der Waals surface area contributed by atoms with Gasteiger partial charge in [-0.1, -0.05) is 22.0 Å². The molecule has 0 aliphatic rings. The quantitative estimate of drug-likeness (QED) is 0.750. The summed E-state index contributed by atoms with van der Waals surface area (Å²) in [6, 6.07) is 7.70. The van der Waals surface area contributed by atoms with Crippen molar-refractivity contribution in [2.45, 2.75) is 11.8 Å². The number of benzene rings is 2. The number of anilines is 1. The number of carbonyl (C=O) groups is 1. The van der Waals surface area contributed by atoms with E-state index in [0.29, 0.717) is 4.47 Å². The lowest BCUT2D eigenvalue weighted by Gasteiger charge is -2.14. The Bertz CT molecular complexity index is 885. The molecule has 0 saturated carbocycles. The van der Waals surface area contributed by atoms with Crippen molar-refractivity contribution < 1.29 is 27.4 Å². The fourth-order valence-corrected chi connectivity index (χ4v) is 3.75. The first-order chi connectivity index (χ1) is 11.3. The molecule has 0 saturated heterocycles. The van der Waals surface area contributed by atoms with Crippen LogP contribution in [-0.2, 0) is 10.0 Å². The minimum Gasteiger partial charge on any atom is -0.492 e. The molecule has 2 rings (SSSR count). The van der Waals surface area contributed by atoms with Crippen LogP contribution in [0.2, 0.25) is 0 Å². The summed E-state index contributed by atoms with van der Waals surface area (Å²) in [7, 11) is -4.20. The van der Waals surface area contributed by atoms with Gasteiger partial charge in [-0.25, -0.2) is 17.6 Å². The van der Waals surface area contributed by atoms with Crippen molar-refractivity contribution in [1.29, 1.82) is 0 Å². The van der Waals surface area contributed by atoms with Gasteiger partial charge in [-0.2, -0.15) is 0 Å². The van der Waals surface area contributed by atoms with Gasteiger partial charge < -0.3 is 9.84 Å². The number of halogens is 2. The van der Waals surface area contributed by atoms with Crippen molar-refractivity contribution in [3.63, 3.8) is 0 Å². The fourth-order valence-electron chi connectivity index (χ4n) is 1.99. The topological polar surface area (TPSA) is 92.7 Å². The Kier molecular flexibility index (Phi) is 5.45. The summed E-state index contributed by atoms with van der Waals surface area (Å²) in [5, 5.41) is 9.09. The van der Waals surface area contributed by atoms with Crippen LogP contribution in [-0.4, -0.2) is 26.1 Å². The van der Waals surface area contributed by atoms with E-state index >= 15 is 0 Å². The SMILES string of the molecule is CCOc1ccc(Br)cc1S(=O)(=O)Nc1cccc(F)c1C(=O)O. The Morgan fingerprint density at radius 3 is 2.67 bits per heavy atom. The third kappa shape index (κ3) is 3.85. The number of hydrogen-bond acceptors (Lipinski definition) is 4. The number of hydrogen-bond donors (Lipinski definition) is 2. The highest BCUT2D eigenvalue weighted by Gasteiger charge is 2.24. The van der Waals surface area contributed by atoms with E-state index in [1.54, 1.807) is 13.0 Å². The Morgan fingerprint density at radius 2 is 2.04 bits per heavy atom. The Balaban J connectivity index is 2.53. The van der Waals surface area contributed by atoms with Gasteiger partial charge in [0, 0.05) is 4.47 Å². The lowest BCUT2D eigenvalue weighted by atomic mass is 10.2. The van der Waals surface area contributed by atoms with Crippen LogP contribution in [0, 0.1) is 5.82 Å². The summed E-state index contributed by atoms with van der Waals surface area (Å²) in [5.41, 5.74) is -1.13. The predicted molar refractivity (Wildman–Crippen MR) is 89.5 cm³/mol. The average molecular weight is 418 g/mol. The summed E-state index contributed by atoms with van der Waals surface area (Å²) in [5.74, 6) is -2.52. The second-order valence-corrected chi connectivity index (χ2v) is 7.16. The van der Waals surface area contributed by atoms with Crippen molar-refractivity contribution >= 4 is 37.6 Å². The first-order valence-electron chi connectivity index (χ1n) is 6.73.